The first-order valence-corrected chi connectivity index (χ1v) is 7.03. The van der Waals surface area contributed by atoms with Crippen LogP contribution in [0.4, 0.5) is 4.39 Å². The highest BCUT2D eigenvalue weighted by molar-refractivity contribution is 5.68. The third kappa shape index (κ3) is 4.90. The van der Waals surface area contributed by atoms with E-state index in [-0.39, 0.29) is 12.4 Å². The van der Waals surface area contributed by atoms with Gasteiger partial charge < -0.3 is 10.4 Å². The Morgan fingerprint density at radius 3 is 3.10 bits per heavy atom. The van der Waals surface area contributed by atoms with Crippen molar-refractivity contribution in [2.45, 2.75) is 19.4 Å². The van der Waals surface area contributed by atoms with Crippen LogP contribution in [0.5, 0.6) is 0 Å². The molecule has 2 N–H and O–H groups in total. The fraction of sp³-hybridized carbons (Fsp3) is 0.533. The summed E-state index contributed by atoms with van der Waals surface area (Å²) in [6.07, 6.45) is 2.22. The van der Waals surface area contributed by atoms with E-state index in [0.717, 1.165) is 44.6 Å². The van der Waals surface area contributed by atoms with Gasteiger partial charge in [0.05, 0.1) is 6.54 Å². The zero-order valence-corrected chi connectivity index (χ0v) is 11.5. The zero-order valence-electron chi connectivity index (χ0n) is 11.5. The van der Waals surface area contributed by atoms with Gasteiger partial charge in [0.1, 0.15) is 5.82 Å². The van der Waals surface area contributed by atoms with E-state index < -0.39 is 5.97 Å². The zero-order chi connectivity index (χ0) is 14.4. The van der Waals surface area contributed by atoms with E-state index >= 15 is 0 Å². The number of nitrogens with zero attached hydrogens (tertiary/aromatic N) is 1. The predicted octanol–water partition coefficient (Wildman–Crippen LogP) is 1.71. The molecule has 1 aliphatic heterocycles. The molecular formula is C15H21FN2O2. The molecule has 0 bridgehead atoms. The highest BCUT2D eigenvalue weighted by atomic mass is 19.1. The van der Waals surface area contributed by atoms with Crippen LogP contribution in [0.1, 0.15) is 18.4 Å². The molecule has 0 radical (unpaired) electrons. The van der Waals surface area contributed by atoms with Crippen LogP contribution in [0.2, 0.25) is 0 Å². The van der Waals surface area contributed by atoms with Crippen LogP contribution in [0, 0.1) is 11.7 Å². The van der Waals surface area contributed by atoms with Gasteiger partial charge in [0.25, 0.3) is 0 Å². The molecule has 2 rings (SSSR count). The lowest BCUT2D eigenvalue weighted by Gasteiger charge is -2.32. The van der Waals surface area contributed by atoms with E-state index in [1.807, 2.05) is 6.07 Å². The molecule has 1 aliphatic rings. The maximum absolute atomic E-state index is 13.2. The molecule has 110 valence electrons. The SMILES string of the molecule is O=C(O)CNCC1CCCN(Cc2cccc(F)c2)C1. The molecule has 5 heteroatoms. The molecule has 1 heterocycles. The second-order valence-corrected chi connectivity index (χ2v) is 5.40. The summed E-state index contributed by atoms with van der Waals surface area (Å²) in [7, 11) is 0. The number of hydrogen-bond donors (Lipinski definition) is 2. The molecule has 1 unspecified atom stereocenters. The number of likely N-dealkylation sites (tertiary alicyclic amines) is 1. The Morgan fingerprint density at radius 1 is 1.50 bits per heavy atom. The van der Waals surface area contributed by atoms with E-state index in [0.29, 0.717) is 5.92 Å². The minimum atomic E-state index is -0.822. The van der Waals surface area contributed by atoms with E-state index in [1.165, 1.54) is 6.07 Å². The van der Waals surface area contributed by atoms with Crippen LogP contribution in [0.15, 0.2) is 24.3 Å². The maximum Gasteiger partial charge on any atom is 0.317 e. The molecule has 20 heavy (non-hydrogen) atoms. The van der Waals surface area contributed by atoms with Gasteiger partial charge in [-0.15, -0.1) is 0 Å². The fourth-order valence-corrected chi connectivity index (χ4v) is 2.74. The monoisotopic (exact) mass is 280 g/mol. The minimum Gasteiger partial charge on any atom is -0.480 e. The fourth-order valence-electron chi connectivity index (χ4n) is 2.74. The lowest BCUT2D eigenvalue weighted by atomic mass is 9.97. The van der Waals surface area contributed by atoms with Crippen molar-refractivity contribution in [1.29, 1.82) is 0 Å². The summed E-state index contributed by atoms with van der Waals surface area (Å²) in [6, 6.07) is 6.71. The van der Waals surface area contributed by atoms with Gasteiger partial charge in [-0.2, -0.15) is 0 Å². The van der Waals surface area contributed by atoms with Crippen LogP contribution < -0.4 is 5.32 Å². The van der Waals surface area contributed by atoms with Crippen molar-refractivity contribution in [3.63, 3.8) is 0 Å². The van der Waals surface area contributed by atoms with Crippen LogP contribution in [0.25, 0.3) is 0 Å². The third-order valence-electron chi connectivity index (χ3n) is 3.61. The molecule has 1 fully saturated rings. The third-order valence-corrected chi connectivity index (χ3v) is 3.61. The molecule has 1 saturated heterocycles. The lowest BCUT2D eigenvalue weighted by molar-refractivity contribution is -0.136. The summed E-state index contributed by atoms with van der Waals surface area (Å²) in [5.41, 5.74) is 0.990. The number of carboxylic acids is 1. The van der Waals surface area contributed by atoms with Crippen molar-refractivity contribution in [1.82, 2.24) is 10.2 Å². The van der Waals surface area contributed by atoms with Crippen LogP contribution >= 0.6 is 0 Å². The number of benzene rings is 1. The van der Waals surface area contributed by atoms with E-state index in [2.05, 4.69) is 10.2 Å². The molecular weight excluding hydrogens is 259 g/mol. The van der Waals surface area contributed by atoms with Gasteiger partial charge in [-0.1, -0.05) is 12.1 Å². The summed E-state index contributed by atoms with van der Waals surface area (Å²) in [4.78, 5) is 12.8. The maximum atomic E-state index is 13.2. The normalized spacial score (nSPS) is 19.9. The van der Waals surface area contributed by atoms with Gasteiger partial charge in [0.2, 0.25) is 0 Å². The first-order valence-electron chi connectivity index (χ1n) is 7.03. The Balaban J connectivity index is 1.79. The Kier molecular flexibility index (Phi) is 5.49. The van der Waals surface area contributed by atoms with Gasteiger partial charge >= 0.3 is 5.97 Å². The first-order chi connectivity index (χ1) is 9.63. The number of carbonyl (C=O) groups is 1. The van der Waals surface area contributed by atoms with E-state index in [1.54, 1.807) is 12.1 Å². The van der Waals surface area contributed by atoms with Crippen molar-refractivity contribution < 1.29 is 14.3 Å². The summed E-state index contributed by atoms with van der Waals surface area (Å²) in [6.45, 7) is 3.45. The average molecular weight is 280 g/mol. The average Bonchev–Trinajstić information content (AvgIpc) is 2.39. The highest BCUT2D eigenvalue weighted by Gasteiger charge is 2.19. The molecule has 1 aromatic carbocycles. The van der Waals surface area contributed by atoms with Crippen LogP contribution in [-0.4, -0.2) is 42.2 Å². The number of nitrogens with one attached hydrogen (secondary N) is 1. The van der Waals surface area contributed by atoms with Crippen molar-refractivity contribution in [3.05, 3.63) is 35.6 Å². The van der Waals surface area contributed by atoms with Gasteiger partial charge in [-0.05, 0) is 49.5 Å². The molecule has 1 aromatic rings. The van der Waals surface area contributed by atoms with Gasteiger partial charge in [-0.3, -0.25) is 9.69 Å². The molecule has 1 atom stereocenters. The Bertz CT molecular complexity index is 453. The Labute approximate surface area is 118 Å². The quantitative estimate of drug-likeness (QED) is 0.833. The highest BCUT2D eigenvalue weighted by Crippen LogP contribution is 2.18. The predicted molar refractivity (Wildman–Crippen MR) is 74.9 cm³/mol. The van der Waals surface area contributed by atoms with Crippen LogP contribution in [0.3, 0.4) is 0 Å². The number of aliphatic carboxylic acids is 1. The number of rotatable bonds is 6. The molecule has 0 aromatic heterocycles. The van der Waals surface area contributed by atoms with Gasteiger partial charge in [-0.25, -0.2) is 4.39 Å². The first kappa shape index (κ1) is 14.9. The van der Waals surface area contributed by atoms with Gasteiger partial charge in [0, 0.05) is 13.1 Å². The Morgan fingerprint density at radius 2 is 2.35 bits per heavy atom. The molecule has 0 amide bonds. The van der Waals surface area contributed by atoms with Crippen molar-refractivity contribution in [2.75, 3.05) is 26.2 Å². The van der Waals surface area contributed by atoms with Crippen molar-refractivity contribution in [3.8, 4) is 0 Å². The van der Waals surface area contributed by atoms with E-state index in [9.17, 15) is 9.18 Å². The van der Waals surface area contributed by atoms with E-state index in [4.69, 9.17) is 5.11 Å². The number of carboxylic acid groups (broad SMARTS) is 1. The minimum absolute atomic E-state index is 0.0143. The number of piperidine rings is 1. The number of hydrogen-bond acceptors (Lipinski definition) is 3. The summed E-state index contributed by atoms with van der Waals surface area (Å²) in [5.74, 6) is -0.548. The molecule has 0 saturated carbocycles. The smallest absolute Gasteiger partial charge is 0.317 e. The van der Waals surface area contributed by atoms with Crippen molar-refractivity contribution in [2.24, 2.45) is 5.92 Å². The second-order valence-electron chi connectivity index (χ2n) is 5.40. The van der Waals surface area contributed by atoms with Gasteiger partial charge in [0.15, 0.2) is 0 Å². The lowest BCUT2D eigenvalue weighted by Crippen LogP contribution is -2.40. The topological polar surface area (TPSA) is 52.6 Å². The largest absolute Gasteiger partial charge is 0.480 e. The standard InChI is InChI=1S/C15H21FN2O2/c16-14-5-1-3-12(7-14)10-18-6-2-4-13(11-18)8-17-9-15(19)20/h1,3,5,7,13,17H,2,4,6,8-11H2,(H,19,20). The summed E-state index contributed by atoms with van der Waals surface area (Å²) < 4.78 is 13.2. The summed E-state index contributed by atoms with van der Waals surface area (Å²) >= 11 is 0. The van der Waals surface area contributed by atoms with Crippen LogP contribution in [-0.2, 0) is 11.3 Å². The molecule has 0 aliphatic carbocycles. The second kappa shape index (κ2) is 7.36. The molecule has 4 nitrogen and oxygen atoms in total. The Hall–Kier alpha value is -1.46. The van der Waals surface area contributed by atoms with Crippen molar-refractivity contribution >= 4 is 5.97 Å². The molecule has 0 spiro atoms. The summed E-state index contributed by atoms with van der Waals surface area (Å²) in [5, 5.41) is 11.6. The number of halogens is 1.